The quantitative estimate of drug-likeness (QED) is 0.567. The standard InChI is InChI=1S/C25H28N2O3/c1-2-30-23(29)6-3-16-14-26-24(27-15-16)20-4-5-22(28)21(10-20)25-11-17-7-18(12-25)9-19(8-17)13-25/h3-6,10,14-15,17-19,28H,2,7-9,11-13H2,1H3/b6-3+. The summed E-state index contributed by atoms with van der Waals surface area (Å²) in [6, 6.07) is 5.82. The highest BCUT2D eigenvalue weighted by Crippen LogP contribution is 2.62. The molecule has 4 bridgehead atoms. The highest BCUT2D eigenvalue weighted by atomic mass is 16.5. The summed E-state index contributed by atoms with van der Waals surface area (Å²) >= 11 is 0. The van der Waals surface area contributed by atoms with E-state index in [4.69, 9.17) is 4.74 Å². The summed E-state index contributed by atoms with van der Waals surface area (Å²) in [6.45, 7) is 2.13. The van der Waals surface area contributed by atoms with Gasteiger partial charge >= 0.3 is 5.97 Å². The van der Waals surface area contributed by atoms with Crippen LogP contribution >= 0.6 is 0 Å². The molecule has 2 aromatic rings. The van der Waals surface area contributed by atoms with Crippen molar-refractivity contribution in [2.75, 3.05) is 6.61 Å². The van der Waals surface area contributed by atoms with E-state index in [-0.39, 0.29) is 11.4 Å². The van der Waals surface area contributed by atoms with Gasteiger partial charge in [0.25, 0.3) is 0 Å². The molecule has 4 aliphatic rings. The van der Waals surface area contributed by atoms with Gasteiger partial charge in [-0.05, 0) is 92.9 Å². The molecule has 5 nitrogen and oxygen atoms in total. The van der Waals surface area contributed by atoms with Gasteiger partial charge in [-0.3, -0.25) is 0 Å². The highest BCUT2D eigenvalue weighted by molar-refractivity contribution is 5.86. The smallest absolute Gasteiger partial charge is 0.330 e. The van der Waals surface area contributed by atoms with Crippen LogP contribution in [0.1, 0.15) is 56.6 Å². The Labute approximate surface area is 177 Å². The monoisotopic (exact) mass is 404 g/mol. The number of esters is 1. The SMILES string of the molecule is CCOC(=O)/C=C/c1cnc(-c2ccc(O)c(C34CC5CC(CC(C5)C3)C4)c2)nc1. The lowest BCUT2D eigenvalue weighted by Crippen LogP contribution is -2.48. The first-order valence-corrected chi connectivity index (χ1v) is 11.1. The fraction of sp³-hybridized carbons (Fsp3) is 0.480. The second kappa shape index (κ2) is 7.53. The third-order valence-corrected chi connectivity index (χ3v) is 7.23. The number of aromatic hydroxyl groups is 1. The molecule has 6 rings (SSSR count). The molecular formula is C25H28N2O3. The topological polar surface area (TPSA) is 72.3 Å². The lowest BCUT2D eigenvalue weighted by atomic mass is 9.48. The molecule has 4 aliphatic carbocycles. The minimum atomic E-state index is -0.375. The Morgan fingerprint density at radius 2 is 1.77 bits per heavy atom. The largest absolute Gasteiger partial charge is 0.508 e. The Kier molecular flexibility index (Phi) is 4.84. The average molecular weight is 405 g/mol. The van der Waals surface area contributed by atoms with E-state index in [1.807, 2.05) is 6.07 Å². The van der Waals surface area contributed by atoms with Gasteiger partial charge in [-0.1, -0.05) is 0 Å². The molecule has 4 saturated carbocycles. The van der Waals surface area contributed by atoms with Crippen LogP contribution < -0.4 is 0 Å². The van der Waals surface area contributed by atoms with E-state index in [2.05, 4.69) is 16.0 Å². The minimum Gasteiger partial charge on any atom is -0.508 e. The van der Waals surface area contributed by atoms with Crippen molar-refractivity contribution in [2.24, 2.45) is 17.8 Å². The van der Waals surface area contributed by atoms with Gasteiger partial charge in [-0.25, -0.2) is 14.8 Å². The second-order valence-corrected chi connectivity index (χ2v) is 9.36. The van der Waals surface area contributed by atoms with Gasteiger partial charge in [-0.2, -0.15) is 0 Å². The van der Waals surface area contributed by atoms with Crippen LogP contribution in [0.2, 0.25) is 0 Å². The Bertz CT molecular complexity index is 945. The molecule has 0 spiro atoms. The van der Waals surface area contributed by atoms with Crippen LogP contribution in [0, 0.1) is 17.8 Å². The van der Waals surface area contributed by atoms with Crippen molar-refractivity contribution in [3.05, 3.63) is 47.8 Å². The number of aromatic nitrogens is 2. The molecule has 1 aromatic heterocycles. The van der Waals surface area contributed by atoms with Crippen LogP contribution in [0.4, 0.5) is 0 Å². The molecule has 5 heteroatoms. The fourth-order valence-electron chi connectivity index (χ4n) is 6.47. The number of carbonyl (C=O) groups is 1. The third-order valence-electron chi connectivity index (χ3n) is 7.23. The molecule has 0 aliphatic heterocycles. The predicted molar refractivity (Wildman–Crippen MR) is 115 cm³/mol. The van der Waals surface area contributed by atoms with Crippen molar-refractivity contribution in [3.63, 3.8) is 0 Å². The second-order valence-electron chi connectivity index (χ2n) is 9.36. The Hall–Kier alpha value is -2.69. The van der Waals surface area contributed by atoms with E-state index >= 15 is 0 Å². The summed E-state index contributed by atoms with van der Waals surface area (Å²) in [7, 11) is 0. The molecule has 156 valence electrons. The van der Waals surface area contributed by atoms with Crippen LogP contribution in [0.3, 0.4) is 0 Å². The number of ether oxygens (including phenoxy) is 1. The molecule has 4 fully saturated rings. The lowest BCUT2D eigenvalue weighted by Gasteiger charge is -2.57. The van der Waals surface area contributed by atoms with Gasteiger partial charge in [0.15, 0.2) is 5.82 Å². The number of hydrogen-bond donors (Lipinski definition) is 1. The lowest BCUT2D eigenvalue weighted by molar-refractivity contribution is -0.137. The van der Waals surface area contributed by atoms with Crippen molar-refractivity contribution >= 4 is 12.0 Å². The maximum Gasteiger partial charge on any atom is 0.330 e. The van der Waals surface area contributed by atoms with Gasteiger partial charge in [-0.15, -0.1) is 0 Å². The Balaban J connectivity index is 1.41. The molecule has 0 amide bonds. The van der Waals surface area contributed by atoms with Crippen molar-refractivity contribution in [1.29, 1.82) is 0 Å². The summed E-state index contributed by atoms with van der Waals surface area (Å²) in [6.07, 6.45) is 14.2. The van der Waals surface area contributed by atoms with E-state index in [0.29, 0.717) is 18.2 Å². The number of hydrogen-bond acceptors (Lipinski definition) is 5. The zero-order valence-electron chi connectivity index (χ0n) is 17.4. The summed E-state index contributed by atoms with van der Waals surface area (Å²) in [5, 5.41) is 10.8. The number of rotatable bonds is 5. The molecule has 1 heterocycles. The summed E-state index contributed by atoms with van der Waals surface area (Å²) < 4.78 is 4.89. The fourth-order valence-corrected chi connectivity index (χ4v) is 6.47. The van der Waals surface area contributed by atoms with Gasteiger partial charge in [0.05, 0.1) is 6.61 Å². The number of nitrogens with zero attached hydrogens (tertiary/aromatic N) is 2. The van der Waals surface area contributed by atoms with Gasteiger partial charge in [0.1, 0.15) is 5.75 Å². The van der Waals surface area contributed by atoms with Crippen molar-refractivity contribution in [2.45, 2.75) is 50.9 Å². The van der Waals surface area contributed by atoms with E-state index in [1.165, 1.54) is 44.6 Å². The van der Waals surface area contributed by atoms with Crippen molar-refractivity contribution < 1.29 is 14.6 Å². The first-order chi connectivity index (χ1) is 14.5. The molecule has 0 radical (unpaired) electrons. The first kappa shape index (κ1) is 19.3. The van der Waals surface area contributed by atoms with E-state index < -0.39 is 0 Å². The van der Waals surface area contributed by atoms with Gasteiger partial charge in [0.2, 0.25) is 0 Å². The van der Waals surface area contributed by atoms with Crippen molar-refractivity contribution in [3.8, 4) is 17.1 Å². The van der Waals surface area contributed by atoms with Gasteiger partial charge in [0, 0.05) is 35.2 Å². The third kappa shape index (κ3) is 3.51. The van der Waals surface area contributed by atoms with E-state index in [9.17, 15) is 9.90 Å². The van der Waals surface area contributed by atoms with Crippen LogP contribution in [-0.4, -0.2) is 27.7 Å². The van der Waals surface area contributed by atoms with Crippen LogP contribution in [0.5, 0.6) is 5.75 Å². The summed E-state index contributed by atoms with van der Waals surface area (Å²) in [5.74, 6) is 3.13. The maximum absolute atomic E-state index is 11.5. The molecule has 0 saturated heterocycles. The minimum absolute atomic E-state index is 0.122. The number of benzene rings is 1. The Morgan fingerprint density at radius 1 is 1.13 bits per heavy atom. The first-order valence-electron chi connectivity index (χ1n) is 11.1. The van der Waals surface area contributed by atoms with Crippen LogP contribution in [-0.2, 0) is 14.9 Å². The van der Waals surface area contributed by atoms with E-state index in [1.54, 1.807) is 31.5 Å². The number of carbonyl (C=O) groups excluding carboxylic acids is 1. The summed E-state index contributed by atoms with van der Waals surface area (Å²) in [4.78, 5) is 20.5. The normalized spacial score (nSPS) is 29.4. The zero-order chi connectivity index (χ0) is 20.7. The van der Waals surface area contributed by atoms with Gasteiger partial charge < -0.3 is 9.84 Å². The maximum atomic E-state index is 11.5. The molecular weight excluding hydrogens is 376 g/mol. The number of phenolic OH excluding ortho intramolecular Hbond substituents is 1. The van der Waals surface area contributed by atoms with Crippen LogP contribution in [0.15, 0.2) is 36.7 Å². The number of phenols is 1. The highest BCUT2D eigenvalue weighted by Gasteiger charge is 2.52. The Morgan fingerprint density at radius 3 is 2.37 bits per heavy atom. The molecule has 1 N–H and O–H groups in total. The van der Waals surface area contributed by atoms with Crippen molar-refractivity contribution in [1.82, 2.24) is 9.97 Å². The van der Waals surface area contributed by atoms with Crippen LogP contribution in [0.25, 0.3) is 17.5 Å². The molecule has 0 atom stereocenters. The zero-order valence-corrected chi connectivity index (χ0v) is 17.4. The predicted octanol–water partition coefficient (Wildman–Crippen LogP) is 4.89. The molecule has 1 aromatic carbocycles. The average Bonchev–Trinajstić information content (AvgIpc) is 2.72. The van der Waals surface area contributed by atoms with E-state index in [0.717, 1.165) is 34.4 Å². The summed E-state index contributed by atoms with van der Waals surface area (Å²) in [5.41, 5.74) is 2.89. The molecule has 0 unspecified atom stereocenters. The molecule has 30 heavy (non-hydrogen) atoms.